The number of rotatable bonds is 9. The smallest absolute Gasteiger partial charge is 0.137 e. The van der Waals surface area contributed by atoms with Gasteiger partial charge in [0.1, 0.15) is 24.0 Å². The van der Waals surface area contributed by atoms with Gasteiger partial charge in [-0.3, -0.25) is 4.57 Å². The predicted molar refractivity (Wildman–Crippen MR) is 351 cm³/mol. The van der Waals surface area contributed by atoms with Gasteiger partial charge in [-0.05, 0) is 144 Å². The van der Waals surface area contributed by atoms with Gasteiger partial charge in [0.25, 0.3) is 0 Å². The fraction of sp³-hybridized carbons (Fsp3) is 0.177. The number of para-hydroxylation sites is 2. The van der Waals surface area contributed by atoms with Crippen LogP contribution in [0.4, 0.5) is 22.7 Å². The molecule has 0 unspecified atom stereocenters. The first-order valence-corrected chi connectivity index (χ1v) is 29.6. The molecule has 0 saturated heterocycles. The number of anilines is 4. The summed E-state index contributed by atoms with van der Waals surface area (Å²) in [5.74, 6) is 2.36. The zero-order valence-corrected chi connectivity index (χ0v) is 49.6. The average Bonchev–Trinajstić information content (AvgIpc) is 1.96. The monoisotopic (exact) mass is 1090 g/mol. The summed E-state index contributed by atoms with van der Waals surface area (Å²) in [6.45, 7) is 21.1. The molecule has 5 nitrogen and oxygen atoms in total. The molecule has 3 heterocycles. The van der Waals surface area contributed by atoms with Crippen molar-refractivity contribution in [1.29, 1.82) is 0 Å². The summed E-state index contributed by atoms with van der Waals surface area (Å²) in [6.07, 6.45) is 1.96. The molecule has 1 aliphatic carbocycles. The van der Waals surface area contributed by atoms with Gasteiger partial charge in [0.05, 0.1) is 33.5 Å². The molecule has 0 amide bonds. The van der Waals surface area contributed by atoms with E-state index in [0.717, 1.165) is 56.4 Å². The van der Waals surface area contributed by atoms with Crippen molar-refractivity contribution in [1.82, 2.24) is 9.55 Å². The first-order valence-electron chi connectivity index (χ1n) is 29.6. The highest BCUT2D eigenvalue weighted by atomic mass is 16.5. The molecule has 5 heteroatoms. The number of hydrogen-bond acceptors (Lipinski definition) is 4. The number of aromatic nitrogens is 2. The van der Waals surface area contributed by atoms with E-state index in [-0.39, 0.29) is 16.2 Å². The Kier molecular flexibility index (Phi) is 12.5. The molecule has 0 atom stereocenters. The molecule has 0 N–H and O–H groups in total. The fourth-order valence-electron chi connectivity index (χ4n) is 13.3. The number of hydrogen-bond donors (Lipinski definition) is 0. The van der Waals surface area contributed by atoms with Crippen LogP contribution in [0.25, 0.3) is 61.0 Å². The lowest BCUT2D eigenvalue weighted by atomic mass is 9.67. The van der Waals surface area contributed by atoms with Crippen molar-refractivity contribution >= 4 is 44.6 Å². The second-order valence-electron chi connectivity index (χ2n) is 26.1. The number of ether oxygens (including phenoxy) is 1. The van der Waals surface area contributed by atoms with E-state index in [1.165, 1.54) is 77.8 Å². The largest absolute Gasteiger partial charge is 0.457 e. The Hall–Kier alpha value is -9.45. The molecule has 12 aromatic rings. The van der Waals surface area contributed by atoms with Gasteiger partial charge in [-0.2, -0.15) is 0 Å². The van der Waals surface area contributed by atoms with Crippen molar-refractivity contribution in [2.45, 2.75) is 84.0 Å². The number of fused-ring (bicyclic) bond motifs is 7. The lowest BCUT2D eigenvalue weighted by Gasteiger charge is -2.35. The minimum Gasteiger partial charge on any atom is -0.457 e. The quantitative estimate of drug-likeness (QED) is 0.144. The molecule has 14 rings (SSSR count). The fourth-order valence-corrected chi connectivity index (χ4v) is 13.3. The van der Waals surface area contributed by atoms with E-state index in [1.807, 2.05) is 6.20 Å². The van der Waals surface area contributed by atoms with E-state index in [4.69, 9.17) is 9.72 Å². The van der Waals surface area contributed by atoms with E-state index in [9.17, 15) is 0 Å². The minimum atomic E-state index is -0.698. The summed E-state index contributed by atoms with van der Waals surface area (Å²) in [7, 11) is 0. The van der Waals surface area contributed by atoms with Crippen LogP contribution in [0.15, 0.2) is 249 Å². The summed E-state index contributed by atoms with van der Waals surface area (Å²) >= 11 is 0. The maximum absolute atomic E-state index is 7.51. The highest BCUT2D eigenvalue weighted by molar-refractivity contribution is 6.10. The molecule has 2 aromatic heterocycles. The first kappa shape index (κ1) is 52.6. The van der Waals surface area contributed by atoms with Crippen molar-refractivity contribution in [2.24, 2.45) is 0 Å². The SMILES string of the molecule is CC(C)(C)c1ccnc(-n2c3cc(Oc4cc(N5CN(c6c(-c7ccccc7)cc(C(C)(C)C)cc6-c6ccccc6)c6ccccc65)cc(C5(c6ccccc6)c6ccccc6-c6ccccc65)c4)ccc3c3ccc(C(C)(C)C)cc32)c1. The Bertz CT molecular complexity index is 4390. The zero-order chi connectivity index (χ0) is 57.7. The predicted octanol–water partition coefficient (Wildman–Crippen LogP) is 20.8. The number of benzene rings is 10. The summed E-state index contributed by atoms with van der Waals surface area (Å²) in [5.41, 5.74) is 21.5. The van der Waals surface area contributed by atoms with Crippen molar-refractivity contribution in [3.05, 3.63) is 288 Å². The molecule has 10 aromatic carbocycles. The van der Waals surface area contributed by atoms with Crippen LogP contribution in [0.2, 0.25) is 0 Å². The molecule has 84 heavy (non-hydrogen) atoms. The van der Waals surface area contributed by atoms with Gasteiger partial charge in [-0.1, -0.05) is 226 Å². The Labute approximate surface area is 495 Å². The lowest BCUT2D eigenvalue weighted by Crippen LogP contribution is -2.29. The molecule has 0 radical (unpaired) electrons. The van der Waals surface area contributed by atoms with E-state index >= 15 is 0 Å². The molecule has 0 saturated carbocycles. The molecule has 0 spiro atoms. The molecular formula is C79H70N4O. The van der Waals surface area contributed by atoms with Gasteiger partial charge in [-0.15, -0.1) is 0 Å². The highest BCUT2D eigenvalue weighted by Crippen LogP contribution is 2.58. The van der Waals surface area contributed by atoms with Crippen LogP contribution in [0.1, 0.15) is 101 Å². The van der Waals surface area contributed by atoms with Gasteiger partial charge >= 0.3 is 0 Å². The molecule has 0 fully saturated rings. The average molecular weight is 1090 g/mol. The summed E-state index contributed by atoms with van der Waals surface area (Å²) in [6, 6.07) is 89.7. The van der Waals surface area contributed by atoms with Crippen molar-refractivity contribution in [2.75, 3.05) is 16.5 Å². The van der Waals surface area contributed by atoms with Crippen molar-refractivity contribution in [3.8, 4) is 50.7 Å². The maximum Gasteiger partial charge on any atom is 0.137 e. The molecule has 0 bridgehead atoms. The Morgan fingerprint density at radius 3 is 1.50 bits per heavy atom. The van der Waals surface area contributed by atoms with E-state index < -0.39 is 5.41 Å². The second kappa shape index (κ2) is 19.9. The number of pyridine rings is 1. The normalized spacial score (nSPS) is 13.8. The van der Waals surface area contributed by atoms with Gasteiger partial charge in [0.15, 0.2) is 0 Å². The topological polar surface area (TPSA) is 33.5 Å². The standard InChI is InChI=1S/C79H70N4O/c1-76(2,3)55-37-39-64-65-40-38-60(50-73(65)83(72(64)47-55)74-48-56(41-42-80-74)77(4,5)6)84-61-44-58(79(54-29-17-12-18-30-54)68-33-21-19-31-62(68)63-32-20-22-34-69(63)79)43-59(49-61)81-51-82(71-36-24-23-35-70(71)81)75-66(52-25-13-10-14-26-52)45-57(78(7,8)9)46-67(75)53-27-15-11-16-28-53/h10-50H,51H2,1-9H3. The van der Waals surface area contributed by atoms with Crippen LogP contribution in [0.3, 0.4) is 0 Å². The minimum absolute atomic E-state index is 0.0528. The molecule has 412 valence electrons. The summed E-state index contributed by atoms with van der Waals surface area (Å²) in [5, 5.41) is 2.32. The van der Waals surface area contributed by atoms with E-state index in [2.05, 4.69) is 319 Å². The first-order chi connectivity index (χ1) is 40.5. The molecule has 2 aliphatic rings. The zero-order valence-electron chi connectivity index (χ0n) is 49.6. The third-order valence-electron chi connectivity index (χ3n) is 17.6. The van der Waals surface area contributed by atoms with E-state index in [1.54, 1.807) is 0 Å². The lowest BCUT2D eigenvalue weighted by molar-refractivity contribution is 0.482. The van der Waals surface area contributed by atoms with Gasteiger partial charge in [-0.25, -0.2) is 4.98 Å². The van der Waals surface area contributed by atoms with Gasteiger partial charge in [0, 0.05) is 45.9 Å². The Morgan fingerprint density at radius 1 is 0.393 bits per heavy atom. The van der Waals surface area contributed by atoms with Crippen LogP contribution in [0.5, 0.6) is 11.5 Å². The van der Waals surface area contributed by atoms with Crippen molar-refractivity contribution in [3.63, 3.8) is 0 Å². The summed E-state index contributed by atoms with van der Waals surface area (Å²) < 4.78 is 9.86. The van der Waals surface area contributed by atoms with Crippen LogP contribution in [0, 0.1) is 0 Å². The van der Waals surface area contributed by atoms with Crippen LogP contribution in [-0.2, 0) is 21.7 Å². The van der Waals surface area contributed by atoms with Crippen LogP contribution in [-0.4, -0.2) is 16.2 Å². The molecular weight excluding hydrogens is 1020 g/mol. The summed E-state index contributed by atoms with van der Waals surface area (Å²) in [4.78, 5) is 10.2. The third kappa shape index (κ3) is 8.79. The van der Waals surface area contributed by atoms with Gasteiger partial charge < -0.3 is 14.5 Å². The molecule has 1 aliphatic heterocycles. The van der Waals surface area contributed by atoms with Crippen LogP contribution < -0.4 is 14.5 Å². The third-order valence-corrected chi connectivity index (χ3v) is 17.6. The van der Waals surface area contributed by atoms with Crippen molar-refractivity contribution < 1.29 is 4.74 Å². The van der Waals surface area contributed by atoms with Gasteiger partial charge in [0.2, 0.25) is 0 Å². The Morgan fingerprint density at radius 2 is 0.905 bits per heavy atom. The van der Waals surface area contributed by atoms with Crippen LogP contribution >= 0.6 is 0 Å². The van der Waals surface area contributed by atoms with E-state index in [0.29, 0.717) is 6.67 Å². The Balaban J connectivity index is 1.00. The highest BCUT2D eigenvalue weighted by Gasteiger charge is 2.47. The number of nitrogens with zero attached hydrogens (tertiary/aromatic N) is 4. The maximum atomic E-state index is 7.51. The second-order valence-corrected chi connectivity index (χ2v) is 26.1.